The van der Waals surface area contributed by atoms with Crippen molar-refractivity contribution in [2.75, 3.05) is 13.1 Å². The molecule has 0 spiro atoms. The van der Waals surface area contributed by atoms with Crippen LogP contribution in [-0.2, 0) is 36.8 Å². The fraction of sp³-hybridized carbons (Fsp3) is 0.552. The molecular weight excluding hydrogens is 500 g/mol. The van der Waals surface area contributed by atoms with Gasteiger partial charge in [0.1, 0.15) is 12.1 Å². The van der Waals surface area contributed by atoms with Crippen molar-refractivity contribution < 1.29 is 28.7 Å². The smallest absolute Gasteiger partial charge is 0.408 e. The Hall–Kier alpha value is -3.69. The second-order valence-corrected chi connectivity index (χ2v) is 10.4. The molecule has 10 heteroatoms. The molecule has 0 aromatic heterocycles. The van der Waals surface area contributed by atoms with E-state index in [1.165, 1.54) is 11.0 Å². The number of alkyl carbamates (subject to hydrolysis) is 1. The third-order valence-electron chi connectivity index (χ3n) is 7.12. The number of carbonyl (C=O) groups excluding carboxylic acids is 5. The van der Waals surface area contributed by atoms with E-state index in [4.69, 9.17) is 4.74 Å². The van der Waals surface area contributed by atoms with Crippen LogP contribution in [0.3, 0.4) is 0 Å². The lowest BCUT2D eigenvalue weighted by atomic mass is 9.95. The fourth-order valence-corrected chi connectivity index (χ4v) is 5.30. The molecule has 1 saturated heterocycles. The number of fused-ring (bicyclic) bond motifs is 1. The van der Waals surface area contributed by atoms with Gasteiger partial charge in [0.2, 0.25) is 17.6 Å². The van der Waals surface area contributed by atoms with Crippen LogP contribution < -0.4 is 16.0 Å². The Morgan fingerprint density at radius 1 is 1.10 bits per heavy atom. The highest BCUT2D eigenvalue weighted by atomic mass is 16.6. The molecule has 212 valence electrons. The number of hydrogen-bond donors (Lipinski definition) is 3. The Labute approximate surface area is 229 Å². The quantitative estimate of drug-likeness (QED) is 0.275. The first-order valence-corrected chi connectivity index (χ1v) is 13.7. The monoisotopic (exact) mass is 540 g/mol. The molecule has 0 saturated carbocycles. The molecule has 3 rings (SSSR count). The number of nitrogens with one attached hydrogen (secondary N) is 3. The van der Waals surface area contributed by atoms with Crippen LogP contribution in [0.15, 0.2) is 36.9 Å². The first-order valence-electron chi connectivity index (χ1n) is 13.7. The summed E-state index contributed by atoms with van der Waals surface area (Å²) in [5, 5.41) is 7.94. The summed E-state index contributed by atoms with van der Waals surface area (Å²) in [6.07, 6.45) is 3.54. The predicted octanol–water partition coefficient (Wildman–Crippen LogP) is 2.05. The van der Waals surface area contributed by atoms with Gasteiger partial charge in [0.25, 0.3) is 5.91 Å². The summed E-state index contributed by atoms with van der Waals surface area (Å²) in [7, 11) is 0. The summed E-state index contributed by atoms with van der Waals surface area (Å²) < 4.78 is 5.28. The highest BCUT2D eigenvalue weighted by Crippen LogP contribution is 2.31. The zero-order chi connectivity index (χ0) is 28.5. The van der Waals surface area contributed by atoms with Gasteiger partial charge in [-0.05, 0) is 63.0 Å². The average molecular weight is 541 g/mol. The highest BCUT2D eigenvalue weighted by Gasteiger charge is 2.43. The van der Waals surface area contributed by atoms with Crippen LogP contribution >= 0.6 is 0 Å². The van der Waals surface area contributed by atoms with Gasteiger partial charge in [-0.2, -0.15) is 0 Å². The van der Waals surface area contributed by atoms with Gasteiger partial charge in [-0.25, -0.2) is 4.79 Å². The standard InChI is InChI=1S/C29H40N4O6/c1-5-10-22(25(34)27(36)30-14-6-2)31-26(35)23-13-9-15-33(23)28(37)24(32-29(38)39-18(3)4)21-16-19-11-7-8-12-20(19)17-21/h6-8,11-12,18,21-24H,2,5,9-10,13-17H2,1,3-4H3,(H,30,36)(H,31,35)(H,32,38)/t22?,23-,24-/m0/s1. The Bertz CT molecular complexity index is 1060. The van der Waals surface area contributed by atoms with Crippen LogP contribution in [0.1, 0.15) is 57.6 Å². The Kier molecular flexibility index (Phi) is 10.7. The number of likely N-dealkylation sites (tertiary alicyclic amines) is 1. The number of amides is 4. The van der Waals surface area contributed by atoms with Crippen LogP contribution in [0.4, 0.5) is 4.79 Å². The first kappa shape index (κ1) is 29.9. The van der Waals surface area contributed by atoms with E-state index >= 15 is 0 Å². The molecule has 1 aliphatic carbocycles. The molecule has 1 aromatic carbocycles. The molecule has 4 amide bonds. The Morgan fingerprint density at radius 2 is 1.77 bits per heavy atom. The van der Waals surface area contributed by atoms with E-state index in [0.29, 0.717) is 38.6 Å². The van der Waals surface area contributed by atoms with Crippen molar-refractivity contribution in [1.29, 1.82) is 0 Å². The van der Waals surface area contributed by atoms with E-state index in [1.807, 2.05) is 31.2 Å². The van der Waals surface area contributed by atoms with Crippen LogP contribution in [0.2, 0.25) is 0 Å². The largest absolute Gasteiger partial charge is 0.447 e. The second kappa shape index (κ2) is 13.9. The molecule has 1 fully saturated rings. The Balaban J connectivity index is 1.76. The number of hydrogen-bond acceptors (Lipinski definition) is 6. The topological polar surface area (TPSA) is 134 Å². The third kappa shape index (κ3) is 7.68. The second-order valence-electron chi connectivity index (χ2n) is 10.4. The van der Waals surface area contributed by atoms with Crippen molar-refractivity contribution in [3.63, 3.8) is 0 Å². The molecular formula is C29H40N4O6. The summed E-state index contributed by atoms with van der Waals surface area (Å²) in [4.78, 5) is 66.3. The first-order chi connectivity index (χ1) is 18.7. The molecule has 1 aromatic rings. The van der Waals surface area contributed by atoms with Crippen LogP contribution in [0.25, 0.3) is 0 Å². The van der Waals surface area contributed by atoms with E-state index in [9.17, 15) is 24.0 Å². The van der Waals surface area contributed by atoms with E-state index in [-0.39, 0.29) is 30.9 Å². The van der Waals surface area contributed by atoms with Crippen molar-refractivity contribution in [3.05, 3.63) is 48.0 Å². The predicted molar refractivity (Wildman–Crippen MR) is 146 cm³/mol. The van der Waals surface area contributed by atoms with E-state index < -0.39 is 41.8 Å². The summed E-state index contributed by atoms with van der Waals surface area (Å²) in [6.45, 7) is 9.32. The lowest BCUT2D eigenvalue weighted by molar-refractivity contribution is -0.143. The molecule has 1 heterocycles. The van der Waals surface area contributed by atoms with E-state index in [2.05, 4.69) is 22.5 Å². The SMILES string of the molecule is C=CCNC(=O)C(=O)C(CCC)NC(=O)[C@@H]1CCCN1C(=O)[C@@H](NC(=O)OC(C)C)C1Cc2ccccc2C1. The van der Waals surface area contributed by atoms with Crippen LogP contribution in [0, 0.1) is 5.92 Å². The van der Waals surface area contributed by atoms with E-state index in [0.717, 1.165) is 11.1 Å². The summed E-state index contributed by atoms with van der Waals surface area (Å²) in [5.41, 5.74) is 2.26. The number of rotatable bonds is 12. The maximum absolute atomic E-state index is 13.9. The molecule has 0 radical (unpaired) electrons. The average Bonchev–Trinajstić information content (AvgIpc) is 3.56. The van der Waals surface area contributed by atoms with Gasteiger partial charge < -0.3 is 25.6 Å². The maximum atomic E-state index is 13.9. The third-order valence-corrected chi connectivity index (χ3v) is 7.12. The number of nitrogens with zero attached hydrogens (tertiary/aromatic N) is 1. The molecule has 39 heavy (non-hydrogen) atoms. The lowest BCUT2D eigenvalue weighted by Gasteiger charge is -2.32. The number of benzene rings is 1. The molecule has 3 N–H and O–H groups in total. The summed E-state index contributed by atoms with van der Waals surface area (Å²) >= 11 is 0. The zero-order valence-corrected chi connectivity index (χ0v) is 23.0. The minimum atomic E-state index is -0.996. The molecule has 1 unspecified atom stereocenters. The number of Topliss-reactive ketones (excluding diaryl/α,β-unsaturated/α-hetero) is 1. The van der Waals surface area contributed by atoms with Gasteiger partial charge in [0.15, 0.2) is 0 Å². The number of ether oxygens (including phenoxy) is 1. The normalized spacial score (nSPS) is 18.2. The molecule has 1 aliphatic heterocycles. The minimum Gasteiger partial charge on any atom is -0.447 e. The lowest BCUT2D eigenvalue weighted by Crippen LogP contribution is -2.58. The molecule has 3 atom stereocenters. The van der Waals surface area contributed by atoms with E-state index in [1.54, 1.807) is 13.8 Å². The van der Waals surface area contributed by atoms with Gasteiger partial charge in [-0.15, -0.1) is 6.58 Å². The summed E-state index contributed by atoms with van der Waals surface area (Å²) in [6, 6.07) is 5.25. The highest BCUT2D eigenvalue weighted by molar-refractivity contribution is 6.38. The maximum Gasteiger partial charge on any atom is 0.408 e. The van der Waals surface area contributed by atoms with Gasteiger partial charge in [-0.3, -0.25) is 19.2 Å². The van der Waals surface area contributed by atoms with Gasteiger partial charge in [0, 0.05) is 13.1 Å². The minimum absolute atomic E-state index is 0.140. The van der Waals surface area contributed by atoms with Crippen LogP contribution in [-0.4, -0.2) is 71.8 Å². The van der Waals surface area contributed by atoms with Crippen molar-refractivity contribution in [2.24, 2.45) is 5.92 Å². The van der Waals surface area contributed by atoms with Gasteiger partial charge in [0.05, 0.1) is 12.1 Å². The van der Waals surface area contributed by atoms with Crippen molar-refractivity contribution in [2.45, 2.75) is 83.5 Å². The van der Waals surface area contributed by atoms with Crippen molar-refractivity contribution >= 4 is 29.6 Å². The Morgan fingerprint density at radius 3 is 2.36 bits per heavy atom. The number of ketones is 1. The fourth-order valence-electron chi connectivity index (χ4n) is 5.30. The van der Waals surface area contributed by atoms with Gasteiger partial charge >= 0.3 is 6.09 Å². The van der Waals surface area contributed by atoms with Crippen LogP contribution in [0.5, 0.6) is 0 Å². The molecule has 10 nitrogen and oxygen atoms in total. The van der Waals surface area contributed by atoms with Gasteiger partial charge in [-0.1, -0.05) is 43.7 Å². The molecule has 2 aliphatic rings. The zero-order valence-electron chi connectivity index (χ0n) is 23.0. The summed E-state index contributed by atoms with van der Waals surface area (Å²) in [5.74, 6) is -2.55. The van der Waals surface area contributed by atoms with Crippen molar-refractivity contribution in [1.82, 2.24) is 20.9 Å². The number of carbonyl (C=O) groups is 5. The molecule has 0 bridgehead atoms. The van der Waals surface area contributed by atoms with Crippen molar-refractivity contribution in [3.8, 4) is 0 Å².